The number of amidine groups is 4. The lowest BCUT2D eigenvalue weighted by Crippen LogP contribution is -2.30. The van der Waals surface area contributed by atoms with Crippen molar-refractivity contribution in [3.05, 3.63) is 109 Å². The fourth-order valence-corrected chi connectivity index (χ4v) is 11.2. The zero-order valence-corrected chi connectivity index (χ0v) is 34.3. The van der Waals surface area contributed by atoms with Gasteiger partial charge in [0.1, 0.15) is 38.5 Å². The predicted octanol–water partition coefficient (Wildman–Crippen LogP) is 4.68. The number of aliphatic imine (C=N–C) groups is 4. The van der Waals surface area contributed by atoms with Crippen molar-refractivity contribution >= 4 is 67.3 Å². The zero-order chi connectivity index (χ0) is 40.0. The highest BCUT2D eigenvalue weighted by molar-refractivity contribution is 7.99. The van der Waals surface area contributed by atoms with E-state index in [-0.39, 0.29) is 58.6 Å². The number of nitrogens with one attached hydrogen (secondary N) is 2. The van der Waals surface area contributed by atoms with Gasteiger partial charge in [-0.25, -0.2) is 36.8 Å². The summed E-state index contributed by atoms with van der Waals surface area (Å²) in [5.41, 5.74) is 1.67. The number of hydrogen-bond donors (Lipinski definition) is 2. The average Bonchev–Trinajstić information content (AvgIpc) is 4.07. The number of hydrogen-bond acceptors (Lipinski definition) is 16. The first kappa shape index (κ1) is 39.8. The van der Waals surface area contributed by atoms with E-state index in [2.05, 4.69) is 37.7 Å². The normalized spacial score (nSPS) is 21.4. The van der Waals surface area contributed by atoms with Crippen LogP contribution in [0.1, 0.15) is 0 Å². The van der Waals surface area contributed by atoms with Crippen LogP contribution in [-0.4, -0.2) is 115 Å². The average molecular weight is 861 g/mol. The lowest BCUT2D eigenvalue weighted by atomic mass is 10.1. The van der Waals surface area contributed by atoms with Crippen LogP contribution in [-0.2, 0) is 38.6 Å². The summed E-state index contributed by atoms with van der Waals surface area (Å²) >= 11 is 3.36. The SMILES string of the molecule is O=S(=O)(CC1COC(NC2=NC(CS(=O)(=O)c3cccc(-c4ccccc4SCC4COC(NC5=NC(CSc6ccccc6)CO5)=N4)c3)CO2)=N1)c1ccccc1. The van der Waals surface area contributed by atoms with E-state index in [9.17, 15) is 16.8 Å². The Bertz CT molecular complexity index is 2450. The van der Waals surface area contributed by atoms with E-state index in [0.717, 1.165) is 21.8 Å². The van der Waals surface area contributed by atoms with Gasteiger partial charge in [0.15, 0.2) is 19.7 Å². The van der Waals surface area contributed by atoms with Crippen molar-refractivity contribution in [1.82, 2.24) is 10.6 Å². The summed E-state index contributed by atoms with van der Waals surface area (Å²) in [4.78, 5) is 20.6. The topological polar surface area (TPSA) is 179 Å². The van der Waals surface area contributed by atoms with Gasteiger partial charge in [0.05, 0.1) is 33.4 Å². The molecule has 58 heavy (non-hydrogen) atoms. The number of benzene rings is 4. The van der Waals surface area contributed by atoms with E-state index in [4.69, 9.17) is 23.9 Å². The molecule has 0 bridgehead atoms. The van der Waals surface area contributed by atoms with Crippen LogP contribution in [0.25, 0.3) is 11.1 Å². The predicted molar refractivity (Wildman–Crippen MR) is 225 cm³/mol. The largest absolute Gasteiger partial charge is 0.463 e. The molecule has 0 radical (unpaired) electrons. The van der Waals surface area contributed by atoms with E-state index in [1.54, 1.807) is 72.1 Å². The van der Waals surface area contributed by atoms with Crippen LogP contribution >= 0.6 is 23.5 Å². The molecule has 4 aromatic carbocycles. The fraction of sp³-hybridized carbons (Fsp3) is 0.300. The van der Waals surface area contributed by atoms with Crippen LogP contribution in [0.5, 0.6) is 0 Å². The Morgan fingerprint density at radius 3 is 1.59 bits per heavy atom. The number of sulfone groups is 2. The molecule has 14 nitrogen and oxygen atoms in total. The molecule has 4 aliphatic rings. The Morgan fingerprint density at radius 1 is 0.517 bits per heavy atom. The van der Waals surface area contributed by atoms with Crippen molar-refractivity contribution in [2.24, 2.45) is 20.0 Å². The number of rotatable bonds is 13. The summed E-state index contributed by atoms with van der Waals surface area (Å²) < 4.78 is 75.6. The van der Waals surface area contributed by atoms with E-state index in [0.29, 0.717) is 31.0 Å². The maximum Gasteiger partial charge on any atom is 0.293 e. The Kier molecular flexibility index (Phi) is 12.2. The van der Waals surface area contributed by atoms with Gasteiger partial charge < -0.3 is 18.9 Å². The molecule has 0 aliphatic carbocycles. The van der Waals surface area contributed by atoms with Crippen molar-refractivity contribution in [3.8, 4) is 11.1 Å². The molecule has 4 unspecified atom stereocenters. The number of thioether (sulfide) groups is 2. The molecule has 4 aromatic rings. The lowest BCUT2D eigenvalue weighted by molar-refractivity contribution is 0.296. The second-order valence-electron chi connectivity index (χ2n) is 13.7. The van der Waals surface area contributed by atoms with Gasteiger partial charge in [-0.15, -0.1) is 23.5 Å². The van der Waals surface area contributed by atoms with Crippen LogP contribution < -0.4 is 10.6 Å². The Morgan fingerprint density at radius 2 is 0.983 bits per heavy atom. The van der Waals surface area contributed by atoms with Gasteiger partial charge in [0.2, 0.25) is 0 Å². The van der Waals surface area contributed by atoms with E-state index in [1.807, 2.05) is 48.5 Å². The molecule has 0 saturated carbocycles. The maximum atomic E-state index is 13.7. The van der Waals surface area contributed by atoms with Gasteiger partial charge in [-0.2, -0.15) is 0 Å². The summed E-state index contributed by atoms with van der Waals surface area (Å²) in [5.74, 6) is 0.960. The third-order valence-electron chi connectivity index (χ3n) is 9.21. The van der Waals surface area contributed by atoms with Gasteiger partial charge in [-0.1, -0.05) is 66.7 Å². The first-order valence-corrected chi connectivity index (χ1v) is 23.8. The highest BCUT2D eigenvalue weighted by atomic mass is 32.2. The van der Waals surface area contributed by atoms with Crippen molar-refractivity contribution in [2.75, 3.05) is 49.4 Å². The van der Waals surface area contributed by atoms with Gasteiger partial charge in [0.25, 0.3) is 24.1 Å². The molecule has 4 atom stereocenters. The summed E-state index contributed by atoms with van der Waals surface area (Å²) in [6, 6.07) is 32.7. The molecule has 0 aromatic heterocycles. The van der Waals surface area contributed by atoms with E-state index >= 15 is 0 Å². The van der Waals surface area contributed by atoms with E-state index < -0.39 is 31.8 Å². The molecule has 18 heteroatoms. The molecule has 0 spiro atoms. The van der Waals surface area contributed by atoms with Crippen LogP contribution in [0, 0.1) is 0 Å². The molecule has 4 aliphatic heterocycles. The van der Waals surface area contributed by atoms with E-state index in [1.165, 1.54) is 4.90 Å². The third kappa shape index (κ3) is 10.1. The first-order valence-electron chi connectivity index (χ1n) is 18.5. The Balaban J connectivity index is 0.842. The smallest absolute Gasteiger partial charge is 0.293 e. The molecule has 8 rings (SSSR count). The summed E-state index contributed by atoms with van der Waals surface area (Å²) in [6.07, 6.45) is 0. The minimum Gasteiger partial charge on any atom is -0.463 e. The van der Waals surface area contributed by atoms with Crippen molar-refractivity contribution in [3.63, 3.8) is 0 Å². The highest BCUT2D eigenvalue weighted by Gasteiger charge is 2.31. The molecule has 0 saturated heterocycles. The molecule has 0 amide bonds. The molecule has 2 N–H and O–H groups in total. The van der Waals surface area contributed by atoms with Crippen molar-refractivity contribution < 1.29 is 35.8 Å². The monoisotopic (exact) mass is 860 g/mol. The van der Waals surface area contributed by atoms with Gasteiger partial charge in [0, 0.05) is 21.3 Å². The summed E-state index contributed by atoms with van der Waals surface area (Å²) in [6.45, 7) is 1.02. The molecule has 302 valence electrons. The zero-order valence-electron chi connectivity index (χ0n) is 31.0. The molecular formula is C40H40N6O8S4. The van der Waals surface area contributed by atoms with Crippen molar-refractivity contribution in [2.45, 2.75) is 43.7 Å². The van der Waals surface area contributed by atoms with Crippen LogP contribution in [0.15, 0.2) is 149 Å². The van der Waals surface area contributed by atoms with Crippen molar-refractivity contribution in [1.29, 1.82) is 0 Å². The quantitative estimate of drug-likeness (QED) is 0.178. The Labute approximate surface area is 345 Å². The first-order chi connectivity index (χ1) is 28.1. The van der Waals surface area contributed by atoms with Crippen LogP contribution in [0.4, 0.5) is 0 Å². The third-order valence-corrected chi connectivity index (χ3v) is 15.2. The molecular weight excluding hydrogens is 821 g/mol. The fourth-order valence-electron chi connectivity index (χ4n) is 6.37. The van der Waals surface area contributed by atoms with Gasteiger partial charge in [-0.3, -0.25) is 10.6 Å². The van der Waals surface area contributed by atoms with Crippen LogP contribution in [0.3, 0.4) is 0 Å². The number of nitrogens with zero attached hydrogens (tertiary/aromatic N) is 4. The Hall–Kier alpha value is -5.04. The molecule has 4 heterocycles. The second-order valence-corrected chi connectivity index (χ2v) is 19.9. The van der Waals surface area contributed by atoms with Gasteiger partial charge in [-0.05, 0) is 53.6 Å². The standard InChI is InChI=1S/C40H40N6O8S4/c47-57(48,33-13-5-2-6-14-33)25-30-21-53-39(43-30)46-40-44-31(22-54-40)26-58(49,50)34-15-9-10-27(18-34)35-16-7-8-17-36(35)56-24-29-20-52-38(42-29)45-37-41-28(19-51-37)23-55-32-11-3-1-4-12-32/h1-18,28-31H,19-26H2,(H,41,42,45)(H,43,44,46). The minimum atomic E-state index is -3.77. The maximum absolute atomic E-state index is 13.7. The van der Waals surface area contributed by atoms with Gasteiger partial charge >= 0.3 is 0 Å². The highest BCUT2D eigenvalue weighted by Crippen LogP contribution is 2.34. The molecule has 0 fully saturated rings. The minimum absolute atomic E-state index is 0.0384. The summed E-state index contributed by atoms with van der Waals surface area (Å²) in [7, 11) is -7.32. The van der Waals surface area contributed by atoms with Crippen LogP contribution in [0.2, 0.25) is 0 Å². The lowest BCUT2D eigenvalue weighted by Gasteiger charge is -2.12. The second kappa shape index (κ2) is 17.8. The number of ether oxygens (including phenoxy) is 4. The summed E-state index contributed by atoms with van der Waals surface area (Å²) in [5, 5.41) is 5.90.